The monoisotopic (exact) mass is 319 g/mol. The molecule has 0 saturated heterocycles. The number of rotatable bonds is 6. The van der Waals surface area contributed by atoms with Gasteiger partial charge < -0.3 is 5.32 Å². The molecular formula is C16H21N3O2S. The third-order valence-corrected chi connectivity index (χ3v) is 4.73. The molecule has 0 aromatic carbocycles. The molecule has 1 N–H and O–H groups in total. The highest BCUT2D eigenvalue weighted by Gasteiger charge is 2.16. The second-order valence-electron chi connectivity index (χ2n) is 5.75. The van der Waals surface area contributed by atoms with Crippen LogP contribution >= 0.6 is 11.3 Å². The summed E-state index contributed by atoms with van der Waals surface area (Å²) in [5, 5.41) is 9.03. The Bertz CT molecular complexity index is 672. The molecule has 0 radical (unpaired) electrons. The van der Waals surface area contributed by atoms with Crippen molar-refractivity contribution in [1.29, 1.82) is 0 Å². The van der Waals surface area contributed by atoms with Crippen molar-refractivity contribution in [2.75, 3.05) is 5.32 Å². The molecule has 0 spiro atoms. The van der Waals surface area contributed by atoms with Gasteiger partial charge in [-0.2, -0.15) is 5.10 Å². The quantitative estimate of drug-likeness (QED) is 0.828. The summed E-state index contributed by atoms with van der Waals surface area (Å²) in [4.78, 5) is 24.1. The van der Waals surface area contributed by atoms with Crippen molar-refractivity contribution in [3.63, 3.8) is 0 Å². The van der Waals surface area contributed by atoms with Crippen LogP contribution in [0.25, 0.3) is 0 Å². The van der Waals surface area contributed by atoms with Crippen LogP contribution in [0.3, 0.4) is 0 Å². The Labute approximate surface area is 134 Å². The van der Waals surface area contributed by atoms with Gasteiger partial charge in [-0.25, -0.2) is 4.68 Å². The van der Waals surface area contributed by atoms with Crippen molar-refractivity contribution in [2.24, 2.45) is 5.92 Å². The van der Waals surface area contributed by atoms with Gasteiger partial charge in [-0.1, -0.05) is 13.8 Å². The van der Waals surface area contributed by atoms with Gasteiger partial charge in [0.25, 0.3) is 0 Å². The summed E-state index contributed by atoms with van der Waals surface area (Å²) in [6.45, 7) is 7.84. The van der Waals surface area contributed by atoms with E-state index >= 15 is 0 Å². The minimum absolute atomic E-state index is 0.0282. The van der Waals surface area contributed by atoms with E-state index in [2.05, 4.69) is 31.2 Å². The van der Waals surface area contributed by atoms with E-state index in [4.69, 9.17) is 0 Å². The van der Waals surface area contributed by atoms with Crippen molar-refractivity contribution < 1.29 is 9.59 Å². The van der Waals surface area contributed by atoms with Gasteiger partial charge in [0.2, 0.25) is 5.91 Å². The Morgan fingerprint density at radius 1 is 1.36 bits per heavy atom. The maximum absolute atomic E-state index is 12.2. The van der Waals surface area contributed by atoms with Crippen LogP contribution in [0.4, 0.5) is 5.82 Å². The number of nitrogens with zero attached hydrogens (tertiary/aromatic N) is 2. The van der Waals surface area contributed by atoms with Crippen molar-refractivity contribution in [2.45, 2.75) is 40.2 Å². The van der Waals surface area contributed by atoms with Crippen molar-refractivity contribution in [1.82, 2.24) is 9.78 Å². The first-order valence-corrected chi connectivity index (χ1v) is 8.18. The van der Waals surface area contributed by atoms with Crippen molar-refractivity contribution in [3.05, 3.63) is 34.2 Å². The van der Waals surface area contributed by atoms with E-state index in [-0.39, 0.29) is 24.2 Å². The van der Waals surface area contributed by atoms with Gasteiger partial charge in [0.15, 0.2) is 5.78 Å². The molecule has 5 nitrogen and oxygen atoms in total. The lowest BCUT2D eigenvalue weighted by atomic mass is 10.1. The fourth-order valence-corrected chi connectivity index (χ4v) is 2.86. The first-order chi connectivity index (χ1) is 10.4. The first-order valence-electron chi connectivity index (χ1n) is 7.30. The second-order valence-corrected chi connectivity index (χ2v) is 6.66. The zero-order valence-corrected chi connectivity index (χ0v) is 14.1. The molecule has 0 unspecified atom stereocenters. The molecule has 2 heterocycles. The lowest BCUT2D eigenvalue weighted by Crippen LogP contribution is -2.20. The molecule has 118 valence electrons. The van der Waals surface area contributed by atoms with Gasteiger partial charge in [-0.3, -0.25) is 9.59 Å². The molecule has 0 aliphatic rings. The average molecular weight is 319 g/mol. The molecule has 0 saturated carbocycles. The van der Waals surface area contributed by atoms with Crippen molar-refractivity contribution in [3.8, 4) is 0 Å². The number of Topliss-reactive ketones (excluding diaryl/α,β-unsaturated/α-hetero) is 1. The molecule has 0 aliphatic heterocycles. The number of aromatic nitrogens is 2. The normalized spacial score (nSPS) is 12.4. The highest BCUT2D eigenvalue weighted by atomic mass is 32.1. The minimum Gasteiger partial charge on any atom is -0.311 e. The molecule has 2 aromatic heterocycles. The number of nitrogens with one attached hydrogen (secondary N) is 1. The van der Waals surface area contributed by atoms with Crippen LogP contribution in [0.1, 0.15) is 49.0 Å². The fourth-order valence-electron chi connectivity index (χ4n) is 2.05. The van der Waals surface area contributed by atoms with E-state index in [1.165, 1.54) is 18.3 Å². The lowest BCUT2D eigenvalue weighted by molar-refractivity contribution is -0.115. The molecule has 1 atom stereocenters. The summed E-state index contributed by atoms with van der Waals surface area (Å²) in [5.41, 5.74) is 0.857. The van der Waals surface area contributed by atoms with Gasteiger partial charge in [0.1, 0.15) is 5.82 Å². The molecule has 0 fully saturated rings. The van der Waals surface area contributed by atoms with E-state index in [0.717, 1.165) is 5.56 Å². The zero-order valence-electron chi connectivity index (χ0n) is 13.3. The van der Waals surface area contributed by atoms with Gasteiger partial charge in [-0.05, 0) is 36.8 Å². The number of carbonyl (C=O) groups excluding carboxylic acids is 2. The largest absolute Gasteiger partial charge is 0.311 e. The van der Waals surface area contributed by atoms with Crippen LogP contribution in [-0.2, 0) is 11.2 Å². The number of thiophene rings is 1. The number of hydrogen-bond acceptors (Lipinski definition) is 4. The van der Waals surface area contributed by atoms with Gasteiger partial charge in [0, 0.05) is 6.07 Å². The van der Waals surface area contributed by atoms with Gasteiger partial charge in [-0.15, -0.1) is 11.3 Å². The molecule has 2 aromatic rings. The Balaban J connectivity index is 2.03. The number of carbonyl (C=O) groups is 2. The van der Waals surface area contributed by atoms with E-state index in [0.29, 0.717) is 16.6 Å². The number of amides is 1. The van der Waals surface area contributed by atoms with Crippen LogP contribution in [0.2, 0.25) is 0 Å². The van der Waals surface area contributed by atoms with E-state index in [1.807, 2.05) is 10.1 Å². The first kappa shape index (κ1) is 16.4. The van der Waals surface area contributed by atoms with Crippen LogP contribution < -0.4 is 5.32 Å². The number of anilines is 1. The molecule has 22 heavy (non-hydrogen) atoms. The van der Waals surface area contributed by atoms with E-state index < -0.39 is 0 Å². The third-order valence-electron chi connectivity index (χ3n) is 3.65. The Kier molecular flexibility index (Phi) is 5.13. The summed E-state index contributed by atoms with van der Waals surface area (Å²) in [6, 6.07) is 3.78. The van der Waals surface area contributed by atoms with Crippen LogP contribution in [0.15, 0.2) is 23.7 Å². The Morgan fingerprint density at radius 2 is 2.09 bits per heavy atom. The fraction of sp³-hybridized carbons (Fsp3) is 0.438. The summed E-state index contributed by atoms with van der Waals surface area (Å²) < 4.78 is 1.83. The predicted octanol–water partition coefficient (Wildman–Crippen LogP) is 3.55. The minimum atomic E-state index is -0.106. The molecule has 1 amide bonds. The van der Waals surface area contributed by atoms with Gasteiger partial charge in [0.05, 0.1) is 23.5 Å². The zero-order chi connectivity index (χ0) is 16.3. The molecule has 0 aliphatic carbocycles. The molecular weight excluding hydrogens is 298 g/mol. The summed E-state index contributed by atoms with van der Waals surface area (Å²) in [6.07, 6.45) is 1.94. The maximum Gasteiger partial charge on any atom is 0.229 e. The van der Waals surface area contributed by atoms with Crippen LogP contribution in [0.5, 0.6) is 0 Å². The molecule has 0 bridgehead atoms. The second kappa shape index (κ2) is 6.87. The summed E-state index contributed by atoms with van der Waals surface area (Å²) in [7, 11) is 0. The smallest absolute Gasteiger partial charge is 0.229 e. The molecule has 6 heteroatoms. The van der Waals surface area contributed by atoms with Crippen LogP contribution in [-0.4, -0.2) is 21.5 Å². The average Bonchev–Trinajstić information content (AvgIpc) is 3.07. The Morgan fingerprint density at radius 3 is 2.68 bits per heavy atom. The highest BCUT2D eigenvalue weighted by molar-refractivity contribution is 7.12. The maximum atomic E-state index is 12.2. The van der Waals surface area contributed by atoms with Crippen molar-refractivity contribution >= 4 is 28.8 Å². The summed E-state index contributed by atoms with van der Waals surface area (Å²) in [5.74, 6) is 1.05. The highest BCUT2D eigenvalue weighted by Crippen LogP contribution is 2.21. The number of ketones is 1. The van der Waals surface area contributed by atoms with E-state index in [1.54, 1.807) is 18.3 Å². The third kappa shape index (κ3) is 3.82. The topological polar surface area (TPSA) is 64.0 Å². The number of hydrogen-bond donors (Lipinski definition) is 1. The Hall–Kier alpha value is -1.95. The molecule has 2 rings (SSSR count). The van der Waals surface area contributed by atoms with Gasteiger partial charge >= 0.3 is 0 Å². The summed E-state index contributed by atoms with van der Waals surface area (Å²) >= 11 is 1.37. The van der Waals surface area contributed by atoms with Crippen LogP contribution in [0, 0.1) is 5.92 Å². The standard InChI is InChI=1S/C16H21N3O2S/c1-10(2)11(3)19-15(5-6-17-19)18-16(21)8-13-7-14(12(4)20)22-9-13/h5-7,9-11H,8H2,1-4H3,(H,18,21)/t11-/m0/s1. The SMILES string of the molecule is CC(=O)c1cc(CC(=O)Nc2ccnn2[C@@H](C)C(C)C)cs1. The van der Waals surface area contributed by atoms with E-state index in [9.17, 15) is 9.59 Å². The predicted molar refractivity (Wildman–Crippen MR) is 88.4 cm³/mol. The lowest BCUT2D eigenvalue weighted by Gasteiger charge is -2.19.